The van der Waals surface area contributed by atoms with E-state index in [9.17, 15) is 9.59 Å². The second-order valence-electron chi connectivity index (χ2n) is 2.81. The van der Waals surface area contributed by atoms with Crippen LogP contribution in [0, 0.1) is 11.8 Å². The van der Waals surface area contributed by atoms with E-state index in [0.29, 0.717) is 12.8 Å². The zero-order chi connectivity index (χ0) is 9.14. The molecule has 0 fully saturated rings. The third kappa shape index (κ3) is 1.64. The SMILES string of the molecule is O=C(O)[C@@H]1C=CCC[C@H]1C(=O)O. The Morgan fingerprint density at radius 3 is 2.33 bits per heavy atom. The lowest BCUT2D eigenvalue weighted by Crippen LogP contribution is -2.30. The molecule has 0 saturated carbocycles. The van der Waals surface area contributed by atoms with Crippen molar-refractivity contribution < 1.29 is 19.8 Å². The minimum absolute atomic E-state index is 0.419. The number of rotatable bonds is 2. The first-order valence-electron chi connectivity index (χ1n) is 3.75. The Bertz CT molecular complexity index is 231. The van der Waals surface area contributed by atoms with Gasteiger partial charge in [0.25, 0.3) is 0 Å². The van der Waals surface area contributed by atoms with Gasteiger partial charge >= 0.3 is 11.9 Å². The average molecular weight is 170 g/mol. The predicted molar refractivity (Wildman–Crippen MR) is 40.6 cm³/mol. The summed E-state index contributed by atoms with van der Waals surface area (Å²) in [5.74, 6) is -3.69. The van der Waals surface area contributed by atoms with Gasteiger partial charge in [-0.15, -0.1) is 0 Å². The largest absolute Gasteiger partial charge is 0.481 e. The maximum Gasteiger partial charge on any atom is 0.311 e. The number of allylic oxidation sites excluding steroid dienone is 1. The molecule has 2 atom stereocenters. The highest BCUT2D eigenvalue weighted by Crippen LogP contribution is 2.24. The maximum atomic E-state index is 10.6. The summed E-state index contributed by atoms with van der Waals surface area (Å²) in [5.41, 5.74) is 0. The molecule has 4 nitrogen and oxygen atoms in total. The lowest BCUT2D eigenvalue weighted by molar-refractivity contribution is -0.152. The Kier molecular flexibility index (Phi) is 2.47. The summed E-state index contributed by atoms with van der Waals surface area (Å²) in [6.07, 6.45) is 4.26. The molecule has 0 aromatic carbocycles. The molecule has 0 bridgehead atoms. The molecular formula is C8H10O4. The van der Waals surface area contributed by atoms with Crippen molar-refractivity contribution in [3.63, 3.8) is 0 Å². The van der Waals surface area contributed by atoms with E-state index >= 15 is 0 Å². The van der Waals surface area contributed by atoms with Crippen molar-refractivity contribution in [3.05, 3.63) is 12.2 Å². The van der Waals surface area contributed by atoms with Gasteiger partial charge in [0.2, 0.25) is 0 Å². The maximum absolute atomic E-state index is 10.6. The summed E-state index contributed by atoms with van der Waals surface area (Å²) in [6, 6.07) is 0. The number of hydrogen-bond acceptors (Lipinski definition) is 2. The van der Waals surface area contributed by atoms with E-state index in [1.54, 1.807) is 6.08 Å². The second-order valence-corrected chi connectivity index (χ2v) is 2.81. The summed E-state index contributed by atoms with van der Waals surface area (Å²) in [6.45, 7) is 0. The zero-order valence-electron chi connectivity index (χ0n) is 6.43. The summed E-state index contributed by atoms with van der Waals surface area (Å²) >= 11 is 0. The van der Waals surface area contributed by atoms with Gasteiger partial charge in [0.05, 0.1) is 11.8 Å². The molecule has 2 N–H and O–H groups in total. The molecule has 66 valence electrons. The van der Waals surface area contributed by atoms with Crippen LogP contribution < -0.4 is 0 Å². The van der Waals surface area contributed by atoms with E-state index in [2.05, 4.69) is 0 Å². The van der Waals surface area contributed by atoms with Crippen molar-refractivity contribution in [2.75, 3.05) is 0 Å². The molecule has 0 saturated heterocycles. The minimum Gasteiger partial charge on any atom is -0.481 e. The van der Waals surface area contributed by atoms with Crippen molar-refractivity contribution >= 4 is 11.9 Å². The normalized spacial score (nSPS) is 28.3. The van der Waals surface area contributed by atoms with Gasteiger partial charge in [0.1, 0.15) is 0 Å². The van der Waals surface area contributed by atoms with Gasteiger partial charge in [-0.25, -0.2) is 0 Å². The molecule has 4 heteroatoms. The Hall–Kier alpha value is -1.32. The van der Waals surface area contributed by atoms with Crippen LogP contribution in [0.2, 0.25) is 0 Å². The van der Waals surface area contributed by atoms with Crippen LogP contribution >= 0.6 is 0 Å². The molecule has 0 aromatic heterocycles. The zero-order valence-corrected chi connectivity index (χ0v) is 6.43. The molecule has 0 amide bonds. The average Bonchev–Trinajstić information content (AvgIpc) is 2.04. The van der Waals surface area contributed by atoms with Gasteiger partial charge in [-0.3, -0.25) is 9.59 Å². The minimum atomic E-state index is -1.06. The lowest BCUT2D eigenvalue weighted by Gasteiger charge is -2.19. The number of carboxylic acid groups (broad SMARTS) is 2. The Morgan fingerprint density at radius 2 is 1.92 bits per heavy atom. The molecule has 1 aliphatic rings. The molecule has 0 aromatic rings. The van der Waals surface area contributed by atoms with E-state index < -0.39 is 23.8 Å². The fourth-order valence-electron chi connectivity index (χ4n) is 1.36. The van der Waals surface area contributed by atoms with Gasteiger partial charge in [-0.2, -0.15) is 0 Å². The Balaban J connectivity index is 2.79. The van der Waals surface area contributed by atoms with Gasteiger partial charge in [-0.05, 0) is 12.8 Å². The molecule has 0 spiro atoms. The van der Waals surface area contributed by atoms with Crippen LogP contribution in [0.1, 0.15) is 12.8 Å². The molecule has 12 heavy (non-hydrogen) atoms. The van der Waals surface area contributed by atoms with E-state index in [1.807, 2.05) is 0 Å². The van der Waals surface area contributed by atoms with Crippen LogP contribution in [-0.2, 0) is 9.59 Å². The number of aliphatic carboxylic acids is 2. The van der Waals surface area contributed by atoms with Crippen LogP contribution in [0.3, 0.4) is 0 Å². The van der Waals surface area contributed by atoms with Crippen molar-refractivity contribution in [1.29, 1.82) is 0 Å². The quantitative estimate of drug-likeness (QED) is 0.599. The summed E-state index contributed by atoms with van der Waals surface area (Å²) in [5, 5.41) is 17.3. The second kappa shape index (κ2) is 3.38. The van der Waals surface area contributed by atoms with Crippen molar-refractivity contribution in [2.45, 2.75) is 12.8 Å². The van der Waals surface area contributed by atoms with Crippen LogP contribution in [-0.4, -0.2) is 22.2 Å². The molecule has 1 aliphatic carbocycles. The Labute approximate surface area is 69.5 Å². The van der Waals surface area contributed by atoms with Crippen LogP contribution in [0.5, 0.6) is 0 Å². The van der Waals surface area contributed by atoms with Gasteiger partial charge in [0.15, 0.2) is 0 Å². The smallest absolute Gasteiger partial charge is 0.311 e. The first-order valence-corrected chi connectivity index (χ1v) is 3.75. The third-order valence-corrected chi connectivity index (χ3v) is 2.02. The van der Waals surface area contributed by atoms with E-state index in [4.69, 9.17) is 10.2 Å². The molecule has 0 unspecified atom stereocenters. The molecular weight excluding hydrogens is 160 g/mol. The summed E-state index contributed by atoms with van der Waals surface area (Å²) in [4.78, 5) is 21.1. The van der Waals surface area contributed by atoms with E-state index in [-0.39, 0.29) is 0 Å². The topological polar surface area (TPSA) is 74.6 Å². The monoisotopic (exact) mass is 170 g/mol. The third-order valence-electron chi connectivity index (χ3n) is 2.02. The van der Waals surface area contributed by atoms with Crippen LogP contribution in [0.4, 0.5) is 0 Å². The summed E-state index contributed by atoms with van der Waals surface area (Å²) in [7, 11) is 0. The van der Waals surface area contributed by atoms with E-state index in [0.717, 1.165) is 0 Å². The number of carbonyl (C=O) groups is 2. The molecule has 0 heterocycles. The number of hydrogen-bond donors (Lipinski definition) is 2. The van der Waals surface area contributed by atoms with Gasteiger partial charge in [0, 0.05) is 0 Å². The predicted octanol–water partition coefficient (Wildman–Crippen LogP) is 0.738. The highest BCUT2D eigenvalue weighted by molar-refractivity contribution is 5.81. The van der Waals surface area contributed by atoms with Crippen molar-refractivity contribution in [3.8, 4) is 0 Å². The van der Waals surface area contributed by atoms with Crippen molar-refractivity contribution in [2.24, 2.45) is 11.8 Å². The highest BCUT2D eigenvalue weighted by Gasteiger charge is 2.32. The molecule has 0 aliphatic heterocycles. The molecule has 1 rings (SSSR count). The van der Waals surface area contributed by atoms with E-state index in [1.165, 1.54) is 6.08 Å². The van der Waals surface area contributed by atoms with Gasteiger partial charge < -0.3 is 10.2 Å². The summed E-state index contributed by atoms with van der Waals surface area (Å²) < 4.78 is 0. The highest BCUT2D eigenvalue weighted by atomic mass is 16.4. The molecule has 0 radical (unpaired) electrons. The first kappa shape index (κ1) is 8.77. The fourth-order valence-corrected chi connectivity index (χ4v) is 1.36. The van der Waals surface area contributed by atoms with Crippen LogP contribution in [0.25, 0.3) is 0 Å². The van der Waals surface area contributed by atoms with Gasteiger partial charge in [-0.1, -0.05) is 12.2 Å². The number of carboxylic acids is 2. The Morgan fingerprint density at radius 1 is 1.25 bits per heavy atom. The lowest BCUT2D eigenvalue weighted by atomic mass is 9.84. The first-order chi connectivity index (χ1) is 5.63. The van der Waals surface area contributed by atoms with Crippen molar-refractivity contribution in [1.82, 2.24) is 0 Å². The van der Waals surface area contributed by atoms with Crippen LogP contribution in [0.15, 0.2) is 12.2 Å². The standard InChI is InChI=1S/C8H10O4/c9-7(10)5-3-1-2-4-6(5)8(11)12/h1,3,5-6H,2,4H2,(H,9,10)(H,11,12)/t5-,6-/m1/s1. The fraction of sp³-hybridized carbons (Fsp3) is 0.500.